The molecule has 0 amide bonds. The second-order valence-electron chi connectivity index (χ2n) is 6.22. The van der Waals surface area contributed by atoms with E-state index < -0.39 is 40.6 Å². The van der Waals surface area contributed by atoms with E-state index >= 15 is 0 Å². The van der Waals surface area contributed by atoms with Gasteiger partial charge in [0.2, 0.25) is 0 Å². The van der Waals surface area contributed by atoms with Crippen molar-refractivity contribution < 1.29 is 31.8 Å². The second kappa shape index (κ2) is 6.37. The molecule has 1 unspecified atom stereocenters. The van der Waals surface area contributed by atoms with Crippen LogP contribution in [0.5, 0.6) is 5.75 Å². The average molecular weight is 368 g/mol. The molecule has 1 fully saturated rings. The highest BCUT2D eigenvalue weighted by atomic mass is 32.2. The fraction of sp³-hybridized carbons (Fsp3) is 0.625. The summed E-state index contributed by atoms with van der Waals surface area (Å²) in [6.07, 6.45) is 1.48. The minimum absolute atomic E-state index is 0.00711. The summed E-state index contributed by atoms with van der Waals surface area (Å²) in [5.74, 6) is -3.32. The van der Waals surface area contributed by atoms with Crippen LogP contribution < -0.4 is 4.74 Å². The molecule has 2 aliphatic carbocycles. The normalized spacial score (nSPS) is 24.0. The van der Waals surface area contributed by atoms with Crippen LogP contribution in [0, 0.1) is 0 Å². The predicted molar refractivity (Wildman–Crippen MR) is 79.5 cm³/mol. The maximum absolute atomic E-state index is 13.9. The van der Waals surface area contributed by atoms with E-state index in [1.54, 1.807) is 0 Å². The molecule has 3 rings (SSSR count). The van der Waals surface area contributed by atoms with Crippen molar-refractivity contribution in [3.63, 3.8) is 0 Å². The minimum atomic E-state index is -4.61. The van der Waals surface area contributed by atoms with Crippen LogP contribution in [-0.4, -0.2) is 22.6 Å². The van der Waals surface area contributed by atoms with Gasteiger partial charge in [-0.25, -0.2) is 8.78 Å². The number of halogens is 5. The molecule has 134 valence electrons. The van der Waals surface area contributed by atoms with Crippen LogP contribution in [0.25, 0.3) is 0 Å². The smallest absolute Gasteiger partial charge is 0.446 e. The van der Waals surface area contributed by atoms with Crippen molar-refractivity contribution >= 4 is 11.8 Å². The topological polar surface area (TPSA) is 29.5 Å². The summed E-state index contributed by atoms with van der Waals surface area (Å²) in [7, 11) is 0. The van der Waals surface area contributed by atoms with Crippen molar-refractivity contribution in [2.45, 2.75) is 67.1 Å². The Labute approximate surface area is 140 Å². The molecule has 1 atom stereocenters. The fourth-order valence-electron chi connectivity index (χ4n) is 3.34. The zero-order valence-corrected chi connectivity index (χ0v) is 13.5. The number of fused-ring (bicyclic) bond motifs is 1. The molecule has 0 aliphatic heterocycles. The second-order valence-corrected chi connectivity index (χ2v) is 7.33. The number of aliphatic hydroxyl groups is 1. The summed E-state index contributed by atoms with van der Waals surface area (Å²) >= 11 is -0.484. The van der Waals surface area contributed by atoms with Crippen molar-refractivity contribution in [2.24, 2.45) is 0 Å². The van der Waals surface area contributed by atoms with Crippen molar-refractivity contribution in [1.29, 1.82) is 0 Å². The third-order valence-electron chi connectivity index (χ3n) is 4.43. The first-order valence-corrected chi connectivity index (χ1v) is 8.63. The molecule has 1 aromatic rings. The largest absolute Gasteiger partial charge is 0.490 e. The Morgan fingerprint density at radius 3 is 2.42 bits per heavy atom. The third-order valence-corrected chi connectivity index (χ3v) is 5.24. The number of aliphatic hydroxyl groups excluding tert-OH is 1. The fourth-order valence-corrected chi connectivity index (χ4v) is 4.07. The maximum atomic E-state index is 13.9. The number of thioether (sulfide) groups is 1. The molecule has 0 radical (unpaired) electrons. The van der Waals surface area contributed by atoms with Gasteiger partial charge in [0.05, 0.1) is 6.10 Å². The molecular formula is C16H17F5O2S. The molecule has 1 N–H and O–H groups in total. The van der Waals surface area contributed by atoms with E-state index in [9.17, 15) is 27.1 Å². The van der Waals surface area contributed by atoms with E-state index in [-0.39, 0.29) is 23.0 Å². The molecule has 2 nitrogen and oxygen atoms in total. The van der Waals surface area contributed by atoms with E-state index in [1.807, 2.05) is 0 Å². The van der Waals surface area contributed by atoms with Gasteiger partial charge in [0.25, 0.3) is 5.92 Å². The molecule has 8 heteroatoms. The van der Waals surface area contributed by atoms with E-state index in [4.69, 9.17) is 4.74 Å². The van der Waals surface area contributed by atoms with Crippen LogP contribution in [0.1, 0.15) is 49.3 Å². The maximum Gasteiger partial charge on any atom is 0.446 e. The summed E-state index contributed by atoms with van der Waals surface area (Å²) < 4.78 is 71.6. The van der Waals surface area contributed by atoms with Gasteiger partial charge in [-0.15, -0.1) is 0 Å². The van der Waals surface area contributed by atoms with Crippen molar-refractivity contribution in [1.82, 2.24) is 0 Å². The van der Waals surface area contributed by atoms with E-state index in [0.717, 1.165) is 38.2 Å². The number of hydrogen-bond donors (Lipinski definition) is 1. The molecule has 0 saturated heterocycles. The number of alkyl halides is 5. The van der Waals surface area contributed by atoms with Gasteiger partial charge < -0.3 is 9.84 Å². The highest BCUT2D eigenvalue weighted by Gasteiger charge is 2.50. The average Bonchev–Trinajstić information content (AvgIpc) is 2.73. The quantitative estimate of drug-likeness (QED) is 0.585. The van der Waals surface area contributed by atoms with Gasteiger partial charge in [-0.1, -0.05) is 6.42 Å². The van der Waals surface area contributed by atoms with Crippen LogP contribution >= 0.6 is 11.8 Å². The van der Waals surface area contributed by atoms with Crippen LogP contribution in [0.3, 0.4) is 0 Å². The summed E-state index contributed by atoms with van der Waals surface area (Å²) in [4.78, 5) is -0.391. The molecule has 0 bridgehead atoms. The van der Waals surface area contributed by atoms with E-state index in [1.165, 1.54) is 6.07 Å². The standard InChI is InChI=1S/C16H17F5O2S/c17-15(18)8-10-11(23-9-4-2-1-3-5-9)6-7-12(13(10)14(15)22)24-16(19,20)21/h6-7,9,14,22H,1-5,8H2. The summed E-state index contributed by atoms with van der Waals surface area (Å²) in [6, 6.07) is 2.43. The van der Waals surface area contributed by atoms with Gasteiger partial charge in [0.15, 0.2) is 0 Å². The van der Waals surface area contributed by atoms with Gasteiger partial charge in [0.1, 0.15) is 11.9 Å². The van der Waals surface area contributed by atoms with Crippen LogP contribution in [0.2, 0.25) is 0 Å². The first kappa shape index (κ1) is 17.8. The molecule has 1 saturated carbocycles. The van der Waals surface area contributed by atoms with E-state index in [2.05, 4.69) is 0 Å². The highest BCUT2D eigenvalue weighted by molar-refractivity contribution is 8.00. The van der Waals surface area contributed by atoms with Crippen LogP contribution in [-0.2, 0) is 6.42 Å². The lowest BCUT2D eigenvalue weighted by Crippen LogP contribution is -2.22. The summed E-state index contributed by atoms with van der Waals surface area (Å²) in [6.45, 7) is 0. The molecule has 0 aromatic heterocycles. The molecule has 1 aromatic carbocycles. The highest BCUT2D eigenvalue weighted by Crippen LogP contribution is 2.52. The monoisotopic (exact) mass is 368 g/mol. The Kier molecular flexibility index (Phi) is 4.72. The number of benzene rings is 1. The Balaban J connectivity index is 1.95. The van der Waals surface area contributed by atoms with Gasteiger partial charge in [-0.3, -0.25) is 0 Å². The van der Waals surface area contributed by atoms with Gasteiger partial charge in [-0.2, -0.15) is 13.2 Å². The zero-order chi connectivity index (χ0) is 17.5. The summed E-state index contributed by atoms with van der Waals surface area (Å²) in [5.41, 5.74) is -4.97. The molecule has 24 heavy (non-hydrogen) atoms. The lowest BCUT2D eigenvalue weighted by atomic mass is 9.97. The van der Waals surface area contributed by atoms with Gasteiger partial charge in [-0.05, 0) is 49.6 Å². The molecule has 0 heterocycles. The first-order chi connectivity index (χ1) is 11.2. The molecule has 2 aliphatic rings. The number of ether oxygens (including phenoxy) is 1. The third kappa shape index (κ3) is 3.64. The van der Waals surface area contributed by atoms with Crippen molar-refractivity contribution in [3.05, 3.63) is 23.3 Å². The van der Waals surface area contributed by atoms with Crippen molar-refractivity contribution in [3.8, 4) is 5.75 Å². The number of hydrogen-bond acceptors (Lipinski definition) is 3. The van der Waals surface area contributed by atoms with Crippen LogP contribution in [0.4, 0.5) is 22.0 Å². The Bertz CT molecular complexity index is 611. The minimum Gasteiger partial charge on any atom is -0.490 e. The van der Waals surface area contributed by atoms with Crippen LogP contribution in [0.15, 0.2) is 17.0 Å². The SMILES string of the molecule is OC1c2c(SC(F)(F)F)ccc(OC3CCCCC3)c2CC1(F)F. The molecular weight excluding hydrogens is 351 g/mol. The lowest BCUT2D eigenvalue weighted by molar-refractivity contribution is -0.0977. The van der Waals surface area contributed by atoms with Crippen molar-refractivity contribution in [2.75, 3.05) is 0 Å². The summed E-state index contributed by atoms with van der Waals surface area (Å²) in [5, 5.41) is 9.83. The zero-order valence-electron chi connectivity index (χ0n) is 12.7. The lowest BCUT2D eigenvalue weighted by Gasteiger charge is -2.24. The number of rotatable bonds is 3. The van der Waals surface area contributed by atoms with E-state index in [0.29, 0.717) is 0 Å². The van der Waals surface area contributed by atoms with Gasteiger partial charge >= 0.3 is 5.51 Å². The van der Waals surface area contributed by atoms with Gasteiger partial charge in [0, 0.05) is 22.4 Å². The Morgan fingerprint density at radius 2 is 1.79 bits per heavy atom. The first-order valence-electron chi connectivity index (χ1n) is 7.81. The predicted octanol–water partition coefficient (Wildman–Crippen LogP) is 5.23. The Hall–Kier alpha value is -1.02. The Morgan fingerprint density at radius 1 is 1.12 bits per heavy atom. The molecule has 0 spiro atoms.